The molecule has 0 N–H and O–H groups in total. The summed E-state index contributed by atoms with van der Waals surface area (Å²) in [5.41, 5.74) is 1.80. The van der Waals surface area contributed by atoms with Crippen molar-refractivity contribution in [3.63, 3.8) is 0 Å². The van der Waals surface area contributed by atoms with Crippen molar-refractivity contribution < 1.29 is 9.18 Å². The van der Waals surface area contributed by atoms with E-state index in [1.54, 1.807) is 23.1 Å². The van der Waals surface area contributed by atoms with Gasteiger partial charge >= 0.3 is 0 Å². The molecule has 4 aromatic rings. The molecule has 3 heterocycles. The molecule has 0 bridgehead atoms. The third kappa shape index (κ3) is 3.61. The van der Waals surface area contributed by atoms with E-state index in [4.69, 9.17) is 0 Å². The number of benzene rings is 2. The minimum Gasteiger partial charge on any atom is -0.333 e. The Morgan fingerprint density at radius 3 is 2.55 bits per heavy atom. The summed E-state index contributed by atoms with van der Waals surface area (Å²) < 4.78 is 14.9. The van der Waals surface area contributed by atoms with E-state index in [1.807, 2.05) is 30.3 Å². The lowest BCUT2D eigenvalue weighted by molar-refractivity contribution is 0.0487. The number of nitrogens with zero attached hydrogens (tertiary/aromatic N) is 6. The zero-order valence-electron chi connectivity index (χ0n) is 16.3. The van der Waals surface area contributed by atoms with Crippen molar-refractivity contribution >= 4 is 5.91 Å². The number of likely N-dealkylation sites (tertiary alicyclic amines) is 1. The molecule has 0 saturated carbocycles. The van der Waals surface area contributed by atoms with E-state index in [0.29, 0.717) is 24.3 Å². The van der Waals surface area contributed by atoms with Gasteiger partial charge in [-0.2, -0.15) is 15.0 Å². The van der Waals surface area contributed by atoms with E-state index in [9.17, 15) is 14.0 Å². The van der Waals surface area contributed by atoms with Crippen molar-refractivity contribution in [1.82, 2.24) is 29.7 Å². The number of carbonyl (C=O) groups is 1. The maximum Gasteiger partial charge on any atom is 0.276 e. The Morgan fingerprint density at radius 1 is 0.968 bits per heavy atom. The third-order valence-corrected chi connectivity index (χ3v) is 5.14. The number of para-hydroxylation sites is 1. The molecule has 1 amide bonds. The van der Waals surface area contributed by atoms with E-state index in [1.165, 1.54) is 33.9 Å². The van der Waals surface area contributed by atoms with Gasteiger partial charge in [-0.05, 0) is 30.3 Å². The van der Waals surface area contributed by atoms with E-state index >= 15 is 0 Å². The predicted molar refractivity (Wildman–Crippen MR) is 110 cm³/mol. The number of amides is 1. The van der Waals surface area contributed by atoms with Crippen LogP contribution in [0.3, 0.4) is 0 Å². The first kappa shape index (κ1) is 18.9. The van der Waals surface area contributed by atoms with Crippen molar-refractivity contribution in [2.24, 2.45) is 0 Å². The molecule has 154 valence electrons. The molecule has 5 rings (SSSR count). The normalized spacial score (nSPS) is 13.8. The first-order chi connectivity index (χ1) is 15.1. The molecule has 9 heteroatoms. The highest BCUT2D eigenvalue weighted by Gasteiger charge is 2.35. The molecule has 1 aliphatic rings. The summed E-state index contributed by atoms with van der Waals surface area (Å²) >= 11 is 0. The zero-order chi connectivity index (χ0) is 21.4. The summed E-state index contributed by atoms with van der Waals surface area (Å²) in [6.45, 7) is 0.660. The summed E-state index contributed by atoms with van der Waals surface area (Å²) in [5.74, 6) is -0.631. The van der Waals surface area contributed by atoms with Crippen LogP contribution < -0.4 is 5.56 Å². The quantitative estimate of drug-likeness (QED) is 0.510. The molecular formula is C22H17FN6O2. The van der Waals surface area contributed by atoms with Crippen LogP contribution in [-0.2, 0) is 0 Å². The molecule has 1 saturated heterocycles. The van der Waals surface area contributed by atoms with Gasteiger partial charge in [0, 0.05) is 24.7 Å². The van der Waals surface area contributed by atoms with Gasteiger partial charge in [0.05, 0.1) is 23.6 Å². The largest absolute Gasteiger partial charge is 0.333 e. The predicted octanol–water partition coefficient (Wildman–Crippen LogP) is 2.33. The zero-order valence-corrected chi connectivity index (χ0v) is 16.3. The SMILES string of the molecule is O=C(c1cnn(-c2ccccc2)n1)N1CC(n2nc(-c3cccc(F)c3)ccc2=O)C1. The molecule has 0 atom stereocenters. The molecule has 8 nitrogen and oxygen atoms in total. The van der Waals surface area contributed by atoms with Gasteiger partial charge in [0.1, 0.15) is 5.82 Å². The summed E-state index contributed by atoms with van der Waals surface area (Å²) in [6.07, 6.45) is 1.43. The molecule has 2 aromatic heterocycles. The number of halogens is 1. The van der Waals surface area contributed by atoms with E-state index in [0.717, 1.165) is 5.69 Å². The fraction of sp³-hybridized carbons (Fsp3) is 0.136. The molecule has 0 radical (unpaired) electrons. The lowest BCUT2D eigenvalue weighted by Crippen LogP contribution is -2.53. The monoisotopic (exact) mass is 416 g/mol. The average Bonchev–Trinajstić information content (AvgIpc) is 3.25. The van der Waals surface area contributed by atoms with Gasteiger partial charge in [0.25, 0.3) is 11.5 Å². The van der Waals surface area contributed by atoms with Crippen LogP contribution in [0, 0.1) is 5.82 Å². The lowest BCUT2D eigenvalue weighted by atomic mass is 10.1. The highest BCUT2D eigenvalue weighted by molar-refractivity contribution is 5.92. The Hall–Kier alpha value is -4.14. The van der Waals surface area contributed by atoms with Crippen LogP contribution in [0.1, 0.15) is 16.5 Å². The van der Waals surface area contributed by atoms with Gasteiger partial charge in [-0.25, -0.2) is 9.07 Å². The Labute approximate surface area is 176 Å². The van der Waals surface area contributed by atoms with Crippen LogP contribution in [0.15, 0.2) is 77.7 Å². The minimum absolute atomic E-state index is 0.233. The van der Waals surface area contributed by atoms with E-state index < -0.39 is 0 Å². The fourth-order valence-electron chi connectivity index (χ4n) is 3.47. The standard InChI is InChI=1S/C22H17FN6O2/c23-16-6-4-5-15(11-16)19-9-10-21(30)28(25-19)18-13-27(14-18)22(31)20-12-24-29(26-20)17-7-2-1-3-8-17/h1-12,18H,13-14H2. The van der Waals surface area contributed by atoms with Gasteiger partial charge in [0.15, 0.2) is 5.69 Å². The average molecular weight is 416 g/mol. The second-order valence-electron chi connectivity index (χ2n) is 7.23. The molecule has 31 heavy (non-hydrogen) atoms. The first-order valence-electron chi connectivity index (χ1n) is 9.71. The van der Waals surface area contributed by atoms with Crippen molar-refractivity contribution in [1.29, 1.82) is 0 Å². The van der Waals surface area contributed by atoms with Crippen LogP contribution in [0.5, 0.6) is 0 Å². The molecular weight excluding hydrogens is 399 g/mol. The highest BCUT2D eigenvalue weighted by atomic mass is 19.1. The Morgan fingerprint density at radius 2 is 1.77 bits per heavy atom. The number of hydrogen-bond acceptors (Lipinski definition) is 5. The third-order valence-electron chi connectivity index (χ3n) is 5.14. The summed E-state index contributed by atoms with van der Waals surface area (Å²) in [5, 5.41) is 12.8. The van der Waals surface area contributed by atoms with Gasteiger partial charge in [-0.15, -0.1) is 5.10 Å². The Balaban J connectivity index is 1.31. The second kappa shape index (κ2) is 7.60. The number of carbonyl (C=O) groups excluding carboxylic acids is 1. The van der Waals surface area contributed by atoms with Crippen LogP contribution in [-0.4, -0.2) is 48.7 Å². The van der Waals surface area contributed by atoms with Gasteiger partial charge in [-0.3, -0.25) is 9.59 Å². The number of hydrogen-bond donors (Lipinski definition) is 0. The molecule has 0 aliphatic carbocycles. The van der Waals surface area contributed by atoms with Gasteiger partial charge in [-0.1, -0.05) is 30.3 Å². The Kier molecular flexibility index (Phi) is 4.62. The van der Waals surface area contributed by atoms with Crippen molar-refractivity contribution in [2.75, 3.05) is 13.1 Å². The maximum absolute atomic E-state index is 13.5. The number of aromatic nitrogens is 5. The summed E-state index contributed by atoms with van der Waals surface area (Å²) in [6, 6.07) is 18.1. The minimum atomic E-state index is -0.374. The van der Waals surface area contributed by atoms with Gasteiger partial charge < -0.3 is 4.90 Å². The van der Waals surface area contributed by atoms with Crippen molar-refractivity contribution in [2.45, 2.75) is 6.04 Å². The van der Waals surface area contributed by atoms with Crippen LogP contribution >= 0.6 is 0 Å². The van der Waals surface area contributed by atoms with Gasteiger partial charge in [0.2, 0.25) is 0 Å². The topological polar surface area (TPSA) is 85.9 Å². The van der Waals surface area contributed by atoms with Crippen molar-refractivity contribution in [3.8, 4) is 16.9 Å². The van der Waals surface area contributed by atoms with Crippen LogP contribution in [0.2, 0.25) is 0 Å². The molecule has 1 fully saturated rings. The second-order valence-corrected chi connectivity index (χ2v) is 7.23. The smallest absolute Gasteiger partial charge is 0.276 e. The van der Waals surface area contributed by atoms with E-state index in [-0.39, 0.29) is 29.0 Å². The highest BCUT2D eigenvalue weighted by Crippen LogP contribution is 2.23. The van der Waals surface area contributed by atoms with Crippen LogP contribution in [0.25, 0.3) is 16.9 Å². The summed E-state index contributed by atoms with van der Waals surface area (Å²) in [4.78, 5) is 28.0. The fourth-order valence-corrected chi connectivity index (χ4v) is 3.47. The van der Waals surface area contributed by atoms with E-state index in [2.05, 4.69) is 15.3 Å². The summed E-state index contributed by atoms with van der Waals surface area (Å²) in [7, 11) is 0. The molecule has 0 unspecified atom stereocenters. The first-order valence-corrected chi connectivity index (χ1v) is 9.71. The maximum atomic E-state index is 13.5. The molecule has 0 spiro atoms. The molecule has 1 aliphatic heterocycles. The lowest BCUT2D eigenvalue weighted by Gasteiger charge is -2.38. The number of rotatable bonds is 4. The Bertz CT molecular complexity index is 1310. The van der Waals surface area contributed by atoms with Crippen molar-refractivity contribution in [3.05, 3.63) is 94.8 Å². The molecule has 2 aromatic carbocycles. The van der Waals surface area contributed by atoms with Crippen LogP contribution in [0.4, 0.5) is 4.39 Å².